The molecule has 1 aliphatic heterocycles. The van der Waals surface area contributed by atoms with Gasteiger partial charge >= 0.3 is 0 Å². The molecule has 1 saturated heterocycles. The van der Waals surface area contributed by atoms with Gasteiger partial charge in [-0.15, -0.1) is 0 Å². The lowest BCUT2D eigenvalue weighted by atomic mass is 9.98. The van der Waals surface area contributed by atoms with Crippen molar-refractivity contribution in [3.05, 3.63) is 29.8 Å². The summed E-state index contributed by atoms with van der Waals surface area (Å²) in [5, 5.41) is 3.06. The predicted molar refractivity (Wildman–Crippen MR) is 107 cm³/mol. The summed E-state index contributed by atoms with van der Waals surface area (Å²) in [4.78, 5) is 12.6. The summed E-state index contributed by atoms with van der Waals surface area (Å²) in [7, 11) is -1.59. The molecule has 1 aromatic rings. The fourth-order valence-corrected chi connectivity index (χ4v) is 4.99. The number of amides is 1. The molecule has 1 aromatic carbocycles. The second kappa shape index (κ2) is 10.1. The quantitative estimate of drug-likeness (QED) is 0.696. The molecule has 6 nitrogen and oxygen atoms in total. The van der Waals surface area contributed by atoms with Crippen molar-refractivity contribution in [2.75, 3.05) is 26.0 Å². The van der Waals surface area contributed by atoms with Crippen LogP contribution < -0.4 is 10.1 Å². The lowest BCUT2D eigenvalue weighted by Crippen LogP contribution is -2.47. The molecular weight excluding hydrogens is 364 g/mol. The molecule has 7 heteroatoms. The third kappa shape index (κ3) is 6.50. The zero-order valence-electron chi connectivity index (χ0n) is 16.6. The molecule has 2 rings (SSSR count). The number of methoxy groups -OCH3 is 1. The molecule has 0 aromatic heterocycles. The largest absolute Gasteiger partial charge is 0.497 e. The Bertz CT molecular complexity index is 703. The minimum atomic E-state index is -3.24. The van der Waals surface area contributed by atoms with Crippen molar-refractivity contribution < 1.29 is 17.9 Å². The van der Waals surface area contributed by atoms with Crippen LogP contribution in [0.2, 0.25) is 0 Å². The van der Waals surface area contributed by atoms with Crippen LogP contribution in [0.3, 0.4) is 0 Å². The molecule has 27 heavy (non-hydrogen) atoms. The Morgan fingerprint density at radius 1 is 1.33 bits per heavy atom. The molecule has 2 unspecified atom stereocenters. The second-order valence-corrected chi connectivity index (χ2v) is 9.40. The number of nitrogens with zero attached hydrogens (tertiary/aromatic N) is 1. The maximum absolute atomic E-state index is 12.6. The highest BCUT2D eigenvalue weighted by Gasteiger charge is 2.32. The number of hydrogen-bond acceptors (Lipinski definition) is 4. The Kier molecular flexibility index (Phi) is 8.10. The van der Waals surface area contributed by atoms with Gasteiger partial charge in [0.25, 0.3) is 0 Å². The van der Waals surface area contributed by atoms with E-state index in [4.69, 9.17) is 4.74 Å². The van der Waals surface area contributed by atoms with Gasteiger partial charge in [0.05, 0.1) is 18.8 Å². The van der Waals surface area contributed by atoms with Gasteiger partial charge in [-0.05, 0) is 56.7 Å². The first-order valence-corrected chi connectivity index (χ1v) is 11.4. The van der Waals surface area contributed by atoms with Crippen LogP contribution in [-0.4, -0.2) is 50.6 Å². The zero-order chi connectivity index (χ0) is 19.9. The number of ether oxygens (including phenoxy) is 1. The molecule has 0 radical (unpaired) electrons. The van der Waals surface area contributed by atoms with E-state index in [9.17, 15) is 13.2 Å². The summed E-state index contributed by atoms with van der Waals surface area (Å²) in [6, 6.07) is 7.98. The Morgan fingerprint density at radius 3 is 2.67 bits per heavy atom. The van der Waals surface area contributed by atoms with E-state index < -0.39 is 10.0 Å². The maximum Gasteiger partial charge on any atom is 0.224 e. The van der Waals surface area contributed by atoms with Gasteiger partial charge in [0, 0.05) is 19.1 Å². The van der Waals surface area contributed by atoms with E-state index in [0.717, 1.165) is 31.4 Å². The highest BCUT2D eigenvalue weighted by atomic mass is 32.2. The second-order valence-electron chi connectivity index (χ2n) is 7.31. The van der Waals surface area contributed by atoms with E-state index in [-0.39, 0.29) is 23.6 Å². The van der Waals surface area contributed by atoms with Crippen LogP contribution in [0.1, 0.15) is 45.1 Å². The number of benzene rings is 1. The van der Waals surface area contributed by atoms with Crippen LogP contribution in [0.4, 0.5) is 0 Å². The van der Waals surface area contributed by atoms with Gasteiger partial charge in [-0.3, -0.25) is 4.79 Å². The highest BCUT2D eigenvalue weighted by molar-refractivity contribution is 7.89. The van der Waals surface area contributed by atoms with Crippen LogP contribution in [0, 0.1) is 5.92 Å². The summed E-state index contributed by atoms with van der Waals surface area (Å²) in [6.07, 6.45) is 3.78. The molecule has 1 amide bonds. The van der Waals surface area contributed by atoms with E-state index in [2.05, 4.69) is 5.32 Å². The minimum absolute atomic E-state index is 0.0337. The molecule has 1 heterocycles. The average molecular weight is 397 g/mol. The molecule has 1 fully saturated rings. The van der Waals surface area contributed by atoms with Crippen molar-refractivity contribution in [3.8, 4) is 5.75 Å². The molecule has 0 bridgehead atoms. The highest BCUT2D eigenvalue weighted by Crippen LogP contribution is 2.20. The Hall–Kier alpha value is -1.60. The van der Waals surface area contributed by atoms with Gasteiger partial charge < -0.3 is 10.1 Å². The molecule has 2 atom stereocenters. The van der Waals surface area contributed by atoms with Gasteiger partial charge in [0.15, 0.2) is 0 Å². The Balaban J connectivity index is 1.82. The Labute approximate surface area is 163 Å². The average Bonchev–Trinajstić information content (AvgIpc) is 2.67. The van der Waals surface area contributed by atoms with Crippen LogP contribution >= 0.6 is 0 Å². The topological polar surface area (TPSA) is 75.7 Å². The number of sulfonamides is 1. The number of hydrogen-bond donors (Lipinski definition) is 1. The van der Waals surface area contributed by atoms with Crippen LogP contribution in [-0.2, 0) is 21.2 Å². The molecule has 0 spiro atoms. The number of rotatable bonds is 9. The van der Waals surface area contributed by atoms with E-state index >= 15 is 0 Å². The lowest BCUT2D eigenvalue weighted by Gasteiger charge is -2.31. The third-order valence-electron chi connectivity index (χ3n) is 5.02. The fraction of sp³-hybridized carbons (Fsp3) is 0.650. The summed E-state index contributed by atoms with van der Waals surface area (Å²) < 4.78 is 31.2. The first-order chi connectivity index (χ1) is 12.9. The van der Waals surface area contributed by atoms with Gasteiger partial charge in [0.2, 0.25) is 15.9 Å². The van der Waals surface area contributed by atoms with Gasteiger partial charge in [-0.2, -0.15) is 0 Å². The number of piperidine rings is 1. The van der Waals surface area contributed by atoms with Gasteiger partial charge in [-0.25, -0.2) is 12.7 Å². The molecular formula is C20H32N2O4S. The minimum Gasteiger partial charge on any atom is -0.497 e. The van der Waals surface area contributed by atoms with Gasteiger partial charge in [0.1, 0.15) is 5.75 Å². The number of nitrogens with one attached hydrogen (secondary N) is 1. The first kappa shape index (κ1) is 21.7. The molecule has 152 valence electrons. The standard InChI is InChI=1S/C20H32N2O4S/c1-4-14-27(24,25)22-13-5-6-18(15-22)20(23)21-16(2)7-8-17-9-11-19(26-3)12-10-17/h9-12,16,18H,4-8,13-15H2,1-3H3,(H,21,23). The SMILES string of the molecule is CCCS(=O)(=O)N1CCCC(C(=O)NC(C)CCc2ccc(OC)cc2)C1. The van der Waals surface area contributed by atoms with Crippen LogP contribution in [0.15, 0.2) is 24.3 Å². The third-order valence-corrected chi connectivity index (χ3v) is 7.07. The molecule has 1 N–H and O–H groups in total. The van der Waals surface area contributed by atoms with Crippen molar-refractivity contribution in [2.45, 2.75) is 52.0 Å². The zero-order valence-corrected chi connectivity index (χ0v) is 17.4. The van der Waals surface area contributed by atoms with Crippen molar-refractivity contribution in [3.63, 3.8) is 0 Å². The van der Waals surface area contributed by atoms with E-state index in [0.29, 0.717) is 19.5 Å². The van der Waals surface area contributed by atoms with E-state index in [1.165, 1.54) is 9.87 Å². The molecule has 1 aliphatic rings. The fourth-order valence-electron chi connectivity index (χ4n) is 3.40. The van der Waals surface area contributed by atoms with Gasteiger partial charge in [-0.1, -0.05) is 19.1 Å². The summed E-state index contributed by atoms with van der Waals surface area (Å²) in [5.41, 5.74) is 1.20. The number of aryl methyl sites for hydroxylation is 1. The Morgan fingerprint density at radius 2 is 2.04 bits per heavy atom. The van der Waals surface area contributed by atoms with E-state index in [1.54, 1.807) is 7.11 Å². The first-order valence-electron chi connectivity index (χ1n) is 9.77. The molecule has 0 saturated carbocycles. The normalized spacial score (nSPS) is 19.4. The summed E-state index contributed by atoms with van der Waals surface area (Å²) >= 11 is 0. The molecule has 0 aliphatic carbocycles. The van der Waals surface area contributed by atoms with E-state index in [1.807, 2.05) is 38.1 Å². The monoisotopic (exact) mass is 396 g/mol. The van der Waals surface area contributed by atoms with Crippen LogP contribution in [0.5, 0.6) is 5.75 Å². The van der Waals surface area contributed by atoms with Crippen molar-refractivity contribution in [2.24, 2.45) is 5.92 Å². The van der Waals surface area contributed by atoms with Crippen molar-refractivity contribution in [1.29, 1.82) is 0 Å². The number of carbonyl (C=O) groups is 1. The van der Waals surface area contributed by atoms with Crippen molar-refractivity contribution >= 4 is 15.9 Å². The maximum atomic E-state index is 12.6. The van der Waals surface area contributed by atoms with Crippen molar-refractivity contribution in [1.82, 2.24) is 9.62 Å². The summed E-state index contributed by atoms with van der Waals surface area (Å²) in [5.74, 6) is 0.696. The lowest BCUT2D eigenvalue weighted by molar-refractivity contribution is -0.126. The number of carbonyl (C=O) groups excluding carboxylic acids is 1. The smallest absolute Gasteiger partial charge is 0.224 e. The predicted octanol–water partition coefficient (Wildman–Crippen LogP) is 2.58. The van der Waals surface area contributed by atoms with Crippen LogP contribution in [0.25, 0.3) is 0 Å². The summed E-state index contributed by atoms with van der Waals surface area (Å²) in [6.45, 7) is 4.69.